The molecule has 4 aromatic rings. The van der Waals surface area contributed by atoms with Gasteiger partial charge in [-0.1, -0.05) is 54.6 Å². The summed E-state index contributed by atoms with van der Waals surface area (Å²) >= 11 is 0. The highest BCUT2D eigenvalue weighted by Gasteiger charge is 2.49. The van der Waals surface area contributed by atoms with Gasteiger partial charge in [0.25, 0.3) is 5.56 Å². The molecular weight excluding hydrogens is 390 g/mol. The highest BCUT2D eigenvalue weighted by Crippen LogP contribution is 2.47. The van der Waals surface area contributed by atoms with E-state index in [2.05, 4.69) is 4.98 Å². The summed E-state index contributed by atoms with van der Waals surface area (Å²) in [6.45, 7) is 4.26. The summed E-state index contributed by atoms with van der Waals surface area (Å²) < 4.78 is 7.70. The van der Waals surface area contributed by atoms with Gasteiger partial charge in [0.1, 0.15) is 17.5 Å². The van der Waals surface area contributed by atoms with Gasteiger partial charge in [0.2, 0.25) is 5.71 Å². The molecule has 1 saturated carbocycles. The van der Waals surface area contributed by atoms with Gasteiger partial charge in [0.15, 0.2) is 0 Å². The molecule has 31 heavy (non-hydrogen) atoms. The Labute approximate surface area is 180 Å². The van der Waals surface area contributed by atoms with E-state index < -0.39 is 11.1 Å². The average Bonchev–Trinajstić information content (AvgIpc) is 3.14. The minimum absolute atomic E-state index is 0.115. The maximum absolute atomic E-state index is 13.1. The molecule has 0 unspecified atom stereocenters. The van der Waals surface area contributed by atoms with E-state index in [-0.39, 0.29) is 5.56 Å². The second kappa shape index (κ2) is 6.90. The van der Waals surface area contributed by atoms with E-state index in [1.54, 1.807) is 4.57 Å². The first-order valence-corrected chi connectivity index (χ1v) is 10.5. The van der Waals surface area contributed by atoms with Gasteiger partial charge in [-0.3, -0.25) is 9.36 Å². The van der Waals surface area contributed by atoms with Gasteiger partial charge in [0.05, 0.1) is 5.60 Å². The summed E-state index contributed by atoms with van der Waals surface area (Å²) in [4.78, 5) is 17.5. The Balaban J connectivity index is 1.67. The number of aromatic nitrogens is 2. The molecule has 0 amide bonds. The Morgan fingerprint density at radius 1 is 1.10 bits per heavy atom. The van der Waals surface area contributed by atoms with Crippen LogP contribution in [0.5, 0.6) is 0 Å². The summed E-state index contributed by atoms with van der Waals surface area (Å²) in [5, 5.41) is 10.6. The summed E-state index contributed by atoms with van der Waals surface area (Å²) in [5.74, 6) is 0.609. The van der Waals surface area contributed by atoms with Crippen molar-refractivity contribution >= 4 is 11.1 Å². The summed E-state index contributed by atoms with van der Waals surface area (Å²) in [6.07, 6.45) is 2.58. The molecule has 0 aliphatic heterocycles. The Hall–Kier alpha value is -3.22. The minimum Gasteiger partial charge on any atom is -0.437 e. The van der Waals surface area contributed by atoms with Crippen LogP contribution in [0.15, 0.2) is 70.1 Å². The zero-order chi connectivity index (χ0) is 21.8. The largest absolute Gasteiger partial charge is 0.437 e. The predicted molar refractivity (Wildman–Crippen MR) is 121 cm³/mol. The molecule has 6 heteroatoms. The lowest BCUT2D eigenvalue weighted by atomic mass is 9.63. The first-order valence-electron chi connectivity index (χ1n) is 10.5. The average molecular weight is 415 g/mol. The zero-order valence-corrected chi connectivity index (χ0v) is 17.6. The molecule has 158 valence electrons. The number of benzene rings is 2. The van der Waals surface area contributed by atoms with Crippen LogP contribution >= 0.6 is 0 Å². The minimum atomic E-state index is -0.711. The first kappa shape index (κ1) is 19.7. The fraction of sp³-hybridized carbons (Fsp3) is 0.280. The second-order valence-corrected chi connectivity index (χ2v) is 8.77. The molecule has 0 atom stereocenters. The summed E-state index contributed by atoms with van der Waals surface area (Å²) in [6, 6.07) is 17.6. The van der Waals surface area contributed by atoms with Gasteiger partial charge >= 0.3 is 0 Å². The zero-order valence-electron chi connectivity index (χ0n) is 17.6. The van der Waals surface area contributed by atoms with Crippen LogP contribution in [0.1, 0.15) is 32.3 Å². The second-order valence-electron chi connectivity index (χ2n) is 8.77. The van der Waals surface area contributed by atoms with Crippen molar-refractivity contribution in [3.63, 3.8) is 0 Å². The first-order chi connectivity index (χ1) is 14.8. The standard InChI is InChI=1S/C25H25N3O3/c1-3-28-15-27-22-20(23(28)29)19(16-7-5-4-6-8-16)21(31-22)17-9-11-18(12-10-17)25(26)13-24(2,30)14-25/h4-12,15,30H,3,13-14,26H2,1-2H3/t24-,25+. The number of fused-ring (bicyclic) bond motifs is 1. The number of hydrogen-bond donors (Lipinski definition) is 2. The van der Waals surface area contributed by atoms with E-state index in [1.807, 2.05) is 68.4 Å². The van der Waals surface area contributed by atoms with Crippen LogP contribution in [0.3, 0.4) is 0 Å². The number of aliphatic hydroxyl groups is 1. The lowest BCUT2D eigenvalue weighted by Gasteiger charge is -2.49. The number of nitrogens with zero attached hydrogens (tertiary/aromatic N) is 2. The lowest BCUT2D eigenvalue weighted by molar-refractivity contribution is -0.0738. The summed E-state index contributed by atoms with van der Waals surface area (Å²) in [5.41, 5.74) is 8.94. The van der Waals surface area contributed by atoms with Gasteiger partial charge in [0, 0.05) is 23.2 Å². The van der Waals surface area contributed by atoms with E-state index in [4.69, 9.17) is 10.2 Å². The van der Waals surface area contributed by atoms with Gasteiger partial charge < -0.3 is 15.3 Å². The molecule has 2 heterocycles. The Morgan fingerprint density at radius 3 is 2.39 bits per heavy atom. The highest BCUT2D eigenvalue weighted by molar-refractivity contribution is 5.99. The fourth-order valence-corrected chi connectivity index (χ4v) is 4.80. The number of furan rings is 1. The smallest absolute Gasteiger partial charge is 0.265 e. The third kappa shape index (κ3) is 3.19. The van der Waals surface area contributed by atoms with Crippen molar-refractivity contribution in [1.29, 1.82) is 0 Å². The van der Waals surface area contributed by atoms with E-state index in [1.165, 1.54) is 6.33 Å². The van der Waals surface area contributed by atoms with E-state index in [0.717, 1.165) is 22.3 Å². The molecule has 0 saturated heterocycles. The number of rotatable bonds is 4. The number of hydrogen-bond acceptors (Lipinski definition) is 5. The highest BCUT2D eigenvalue weighted by atomic mass is 16.3. The maximum atomic E-state index is 13.1. The molecule has 1 aliphatic rings. The van der Waals surface area contributed by atoms with Crippen LogP contribution in [-0.4, -0.2) is 20.3 Å². The molecule has 1 fully saturated rings. The molecule has 0 bridgehead atoms. The van der Waals surface area contributed by atoms with Crippen LogP contribution in [0.4, 0.5) is 0 Å². The van der Waals surface area contributed by atoms with Crippen LogP contribution in [0.25, 0.3) is 33.6 Å². The SMILES string of the molecule is CCn1cnc2oc(-c3ccc([C@]4(N)C[C@@](C)(O)C4)cc3)c(-c3ccccc3)c2c1=O. The molecule has 1 aliphatic carbocycles. The number of nitrogens with two attached hydrogens (primary N) is 1. The van der Waals surface area contributed by atoms with Crippen molar-refractivity contribution in [2.75, 3.05) is 0 Å². The Kier molecular flexibility index (Phi) is 4.39. The van der Waals surface area contributed by atoms with E-state index >= 15 is 0 Å². The van der Waals surface area contributed by atoms with E-state index in [0.29, 0.717) is 36.2 Å². The maximum Gasteiger partial charge on any atom is 0.265 e. The molecule has 2 aromatic heterocycles. The fourth-order valence-electron chi connectivity index (χ4n) is 4.80. The number of aryl methyl sites for hydroxylation is 1. The van der Waals surface area contributed by atoms with Gasteiger partial charge in [-0.05, 0) is 37.8 Å². The predicted octanol–water partition coefficient (Wildman–Crippen LogP) is 4.04. The topological polar surface area (TPSA) is 94.3 Å². The van der Waals surface area contributed by atoms with Crippen LogP contribution in [-0.2, 0) is 12.1 Å². The normalized spacial score (nSPS) is 23.1. The lowest BCUT2D eigenvalue weighted by Crippen LogP contribution is -2.58. The van der Waals surface area contributed by atoms with Gasteiger partial charge in [-0.2, -0.15) is 0 Å². The molecule has 0 spiro atoms. The van der Waals surface area contributed by atoms with Crippen molar-refractivity contribution in [2.45, 2.75) is 44.4 Å². The third-order valence-electron chi connectivity index (χ3n) is 6.20. The van der Waals surface area contributed by atoms with Crippen molar-refractivity contribution in [2.24, 2.45) is 5.73 Å². The van der Waals surface area contributed by atoms with Gasteiger partial charge in [-0.25, -0.2) is 4.98 Å². The molecule has 6 nitrogen and oxygen atoms in total. The van der Waals surface area contributed by atoms with E-state index in [9.17, 15) is 9.90 Å². The van der Waals surface area contributed by atoms with Crippen molar-refractivity contribution in [3.8, 4) is 22.5 Å². The van der Waals surface area contributed by atoms with Crippen LogP contribution in [0.2, 0.25) is 0 Å². The van der Waals surface area contributed by atoms with Crippen LogP contribution in [0, 0.1) is 0 Å². The van der Waals surface area contributed by atoms with Crippen molar-refractivity contribution in [1.82, 2.24) is 9.55 Å². The van der Waals surface area contributed by atoms with Crippen molar-refractivity contribution < 1.29 is 9.52 Å². The van der Waals surface area contributed by atoms with Gasteiger partial charge in [-0.15, -0.1) is 0 Å². The molecule has 2 aromatic carbocycles. The van der Waals surface area contributed by atoms with Crippen molar-refractivity contribution in [3.05, 3.63) is 76.8 Å². The Morgan fingerprint density at radius 2 is 1.77 bits per heavy atom. The summed E-state index contributed by atoms with van der Waals surface area (Å²) in [7, 11) is 0. The molecular formula is C25H25N3O3. The Bertz CT molecular complexity index is 1310. The molecule has 5 rings (SSSR count). The third-order valence-corrected chi connectivity index (χ3v) is 6.20. The monoisotopic (exact) mass is 415 g/mol. The molecule has 3 N–H and O–H groups in total. The quantitative estimate of drug-likeness (QED) is 0.525. The van der Waals surface area contributed by atoms with Crippen LogP contribution < -0.4 is 11.3 Å². The molecule has 0 radical (unpaired) electrons.